The fourth-order valence-electron chi connectivity index (χ4n) is 1.62. The summed E-state index contributed by atoms with van der Waals surface area (Å²) in [5.41, 5.74) is 1.08. The molecular weight excluding hydrogens is 233 g/mol. The van der Waals surface area contributed by atoms with E-state index in [1.807, 2.05) is 0 Å². The van der Waals surface area contributed by atoms with E-state index in [4.69, 9.17) is 9.47 Å². The average Bonchev–Trinajstić information content (AvgIpc) is 2.38. The molecule has 0 fully saturated rings. The summed E-state index contributed by atoms with van der Waals surface area (Å²) in [5.74, 6) is -0.201. The fourth-order valence-corrected chi connectivity index (χ4v) is 1.62. The van der Waals surface area contributed by atoms with Gasteiger partial charge >= 0.3 is 0 Å². The Labute approximate surface area is 108 Å². The summed E-state index contributed by atoms with van der Waals surface area (Å²) in [5, 5.41) is 3.33. The van der Waals surface area contributed by atoms with Crippen molar-refractivity contribution in [2.75, 3.05) is 33.5 Å². The van der Waals surface area contributed by atoms with Gasteiger partial charge in [-0.3, -0.25) is 0 Å². The highest BCUT2D eigenvalue weighted by molar-refractivity contribution is 5.19. The van der Waals surface area contributed by atoms with Gasteiger partial charge in [-0.25, -0.2) is 4.39 Å². The van der Waals surface area contributed by atoms with Crippen molar-refractivity contribution in [2.45, 2.75) is 19.4 Å². The van der Waals surface area contributed by atoms with E-state index in [0.29, 0.717) is 6.61 Å². The molecule has 4 heteroatoms. The van der Waals surface area contributed by atoms with Crippen LogP contribution in [0.3, 0.4) is 0 Å². The van der Waals surface area contributed by atoms with E-state index in [1.54, 1.807) is 19.2 Å². The van der Waals surface area contributed by atoms with Crippen molar-refractivity contribution in [1.29, 1.82) is 0 Å². The zero-order valence-electron chi connectivity index (χ0n) is 11.1. The van der Waals surface area contributed by atoms with Gasteiger partial charge in [0.1, 0.15) is 5.82 Å². The van der Waals surface area contributed by atoms with Crippen LogP contribution >= 0.6 is 0 Å². The van der Waals surface area contributed by atoms with Crippen molar-refractivity contribution in [3.05, 3.63) is 35.6 Å². The van der Waals surface area contributed by atoms with Gasteiger partial charge in [0, 0.05) is 32.9 Å². The van der Waals surface area contributed by atoms with Crippen molar-refractivity contribution in [3.63, 3.8) is 0 Å². The molecule has 1 N–H and O–H groups in total. The normalized spacial score (nSPS) is 12.6. The van der Waals surface area contributed by atoms with Crippen LogP contribution in [0, 0.1) is 5.82 Å². The van der Waals surface area contributed by atoms with E-state index in [0.717, 1.165) is 31.7 Å². The molecule has 0 spiro atoms. The molecule has 1 aromatic carbocycles. The maximum atomic E-state index is 12.8. The topological polar surface area (TPSA) is 30.5 Å². The summed E-state index contributed by atoms with van der Waals surface area (Å²) in [6.45, 7) is 4.97. The minimum absolute atomic E-state index is 0.201. The Morgan fingerprint density at radius 3 is 2.56 bits per heavy atom. The quantitative estimate of drug-likeness (QED) is 0.688. The van der Waals surface area contributed by atoms with Gasteiger partial charge in [-0.05, 0) is 31.0 Å². The third-order valence-corrected chi connectivity index (χ3v) is 2.70. The number of methoxy groups -OCH3 is 1. The standard InChI is InChI=1S/C14H22FNO2/c1-12(13-4-6-14(15)7-5-13)16-8-11-18-10-3-9-17-2/h4-7,12,16H,3,8-11H2,1-2H3/t12-/m0/s1. The maximum absolute atomic E-state index is 12.8. The number of rotatable bonds is 9. The van der Waals surface area contributed by atoms with E-state index in [2.05, 4.69) is 12.2 Å². The van der Waals surface area contributed by atoms with Crippen molar-refractivity contribution in [3.8, 4) is 0 Å². The first-order valence-electron chi connectivity index (χ1n) is 6.29. The van der Waals surface area contributed by atoms with Gasteiger partial charge in [-0.2, -0.15) is 0 Å². The van der Waals surface area contributed by atoms with Crippen LogP contribution in [-0.2, 0) is 9.47 Å². The Balaban J connectivity index is 2.10. The number of hydrogen-bond donors (Lipinski definition) is 1. The maximum Gasteiger partial charge on any atom is 0.123 e. The third kappa shape index (κ3) is 6.10. The molecule has 3 nitrogen and oxygen atoms in total. The number of nitrogens with one attached hydrogen (secondary N) is 1. The van der Waals surface area contributed by atoms with E-state index in [-0.39, 0.29) is 11.9 Å². The van der Waals surface area contributed by atoms with E-state index >= 15 is 0 Å². The lowest BCUT2D eigenvalue weighted by Crippen LogP contribution is -2.23. The van der Waals surface area contributed by atoms with Gasteiger partial charge < -0.3 is 14.8 Å². The number of benzene rings is 1. The monoisotopic (exact) mass is 255 g/mol. The van der Waals surface area contributed by atoms with Crippen LogP contribution in [0.25, 0.3) is 0 Å². The lowest BCUT2D eigenvalue weighted by Gasteiger charge is -2.14. The molecule has 0 saturated carbocycles. The third-order valence-electron chi connectivity index (χ3n) is 2.70. The Bertz CT molecular complexity index is 316. The summed E-state index contributed by atoms with van der Waals surface area (Å²) in [6, 6.07) is 6.76. The second kappa shape index (κ2) is 9.03. The van der Waals surface area contributed by atoms with Crippen LogP contribution in [0.5, 0.6) is 0 Å². The summed E-state index contributed by atoms with van der Waals surface area (Å²) in [4.78, 5) is 0. The molecule has 102 valence electrons. The Morgan fingerprint density at radius 1 is 1.17 bits per heavy atom. The minimum Gasteiger partial charge on any atom is -0.385 e. The molecule has 1 atom stereocenters. The molecule has 0 heterocycles. The predicted molar refractivity (Wildman–Crippen MR) is 70.1 cm³/mol. The molecule has 0 radical (unpaired) electrons. The molecule has 0 unspecified atom stereocenters. The van der Waals surface area contributed by atoms with Crippen LogP contribution < -0.4 is 5.32 Å². The molecule has 0 aromatic heterocycles. The Morgan fingerprint density at radius 2 is 1.89 bits per heavy atom. The van der Waals surface area contributed by atoms with Crippen LogP contribution in [0.15, 0.2) is 24.3 Å². The van der Waals surface area contributed by atoms with Crippen LogP contribution in [0.4, 0.5) is 4.39 Å². The second-order valence-electron chi connectivity index (χ2n) is 4.19. The molecule has 0 aliphatic rings. The first-order chi connectivity index (χ1) is 8.74. The van der Waals surface area contributed by atoms with Crippen molar-refractivity contribution in [1.82, 2.24) is 5.32 Å². The van der Waals surface area contributed by atoms with Crippen molar-refractivity contribution in [2.24, 2.45) is 0 Å². The molecule has 0 bridgehead atoms. The Hall–Kier alpha value is -0.970. The molecule has 1 rings (SSSR count). The number of hydrogen-bond acceptors (Lipinski definition) is 3. The van der Waals surface area contributed by atoms with Gasteiger partial charge in [0.25, 0.3) is 0 Å². The summed E-state index contributed by atoms with van der Waals surface area (Å²) in [7, 11) is 1.69. The molecule has 1 aromatic rings. The lowest BCUT2D eigenvalue weighted by molar-refractivity contribution is 0.103. The van der Waals surface area contributed by atoms with Crippen LogP contribution in [0.2, 0.25) is 0 Å². The van der Waals surface area contributed by atoms with Gasteiger partial charge in [-0.1, -0.05) is 12.1 Å². The van der Waals surface area contributed by atoms with E-state index < -0.39 is 0 Å². The second-order valence-corrected chi connectivity index (χ2v) is 4.19. The Kier molecular flexibility index (Phi) is 7.57. The zero-order chi connectivity index (χ0) is 13.2. The van der Waals surface area contributed by atoms with Gasteiger partial charge in [-0.15, -0.1) is 0 Å². The largest absolute Gasteiger partial charge is 0.385 e. The van der Waals surface area contributed by atoms with Crippen LogP contribution in [-0.4, -0.2) is 33.5 Å². The summed E-state index contributed by atoms with van der Waals surface area (Å²) in [6.07, 6.45) is 0.921. The lowest BCUT2D eigenvalue weighted by atomic mass is 10.1. The molecule has 0 saturated heterocycles. The highest BCUT2D eigenvalue weighted by Gasteiger charge is 2.03. The zero-order valence-corrected chi connectivity index (χ0v) is 11.1. The number of halogens is 1. The fraction of sp³-hybridized carbons (Fsp3) is 0.571. The van der Waals surface area contributed by atoms with Gasteiger partial charge in [0.2, 0.25) is 0 Å². The first kappa shape index (κ1) is 15.1. The minimum atomic E-state index is -0.201. The molecule has 0 aliphatic heterocycles. The van der Waals surface area contributed by atoms with Gasteiger partial charge in [0.15, 0.2) is 0 Å². The van der Waals surface area contributed by atoms with Crippen LogP contribution in [0.1, 0.15) is 24.9 Å². The smallest absolute Gasteiger partial charge is 0.123 e. The highest BCUT2D eigenvalue weighted by atomic mass is 19.1. The average molecular weight is 255 g/mol. The van der Waals surface area contributed by atoms with Crippen molar-refractivity contribution >= 4 is 0 Å². The van der Waals surface area contributed by atoms with Gasteiger partial charge in [0.05, 0.1) is 6.61 Å². The summed E-state index contributed by atoms with van der Waals surface area (Å²) < 4.78 is 23.1. The molecule has 18 heavy (non-hydrogen) atoms. The van der Waals surface area contributed by atoms with E-state index in [9.17, 15) is 4.39 Å². The molecule has 0 amide bonds. The molecule has 0 aliphatic carbocycles. The number of ether oxygens (including phenoxy) is 2. The SMILES string of the molecule is COCCCOCCN[C@@H](C)c1ccc(F)cc1. The highest BCUT2D eigenvalue weighted by Crippen LogP contribution is 2.12. The first-order valence-corrected chi connectivity index (χ1v) is 6.29. The summed E-state index contributed by atoms with van der Waals surface area (Å²) >= 11 is 0. The molecular formula is C14H22FNO2. The van der Waals surface area contributed by atoms with Crippen molar-refractivity contribution < 1.29 is 13.9 Å². The van der Waals surface area contributed by atoms with E-state index in [1.165, 1.54) is 12.1 Å². The predicted octanol–water partition coefficient (Wildman–Crippen LogP) is 2.53.